The standard InChI is InChI=1S/C27H31N5O2S/c33-25(31-16-14-29(15-17-31)21-26(34)30-12-4-5-13-30)11-10-23-20-32(19-22-7-2-1-3-8-22)28-27(23)24-9-6-18-35-24/h1-3,6-11,18,20H,4-5,12-17,19,21H2. The fraction of sp³-hybridized carbons (Fsp3) is 0.370. The van der Waals surface area contributed by atoms with Crippen LogP contribution >= 0.6 is 11.3 Å². The Kier molecular flexibility index (Phi) is 7.39. The maximum atomic E-state index is 12.9. The summed E-state index contributed by atoms with van der Waals surface area (Å²) in [5.74, 6) is 0.222. The molecule has 0 unspecified atom stereocenters. The number of likely N-dealkylation sites (tertiary alicyclic amines) is 1. The predicted molar refractivity (Wildman–Crippen MR) is 139 cm³/mol. The van der Waals surface area contributed by atoms with Crippen molar-refractivity contribution in [2.24, 2.45) is 0 Å². The van der Waals surface area contributed by atoms with Gasteiger partial charge in [-0.2, -0.15) is 5.10 Å². The molecule has 0 saturated carbocycles. The fourth-order valence-corrected chi connectivity index (χ4v) is 5.40. The number of thiophene rings is 1. The summed E-state index contributed by atoms with van der Waals surface area (Å²) in [6, 6.07) is 14.3. The topological polar surface area (TPSA) is 61.7 Å². The van der Waals surface area contributed by atoms with Crippen LogP contribution in [0.4, 0.5) is 0 Å². The Labute approximate surface area is 210 Å². The molecule has 2 aliphatic heterocycles. The van der Waals surface area contributed by atoms with E-state index in [1.54, 1.807) is 17.4 Å². The van der Waals surface area contributed by atoms with Crippen LogP contribution in [0.1, 0.15) is 24.0 Å². The van der Waals surface area contributed by atoms with Crippen molar-refractivity contribution in [2.75, 3.05) is 45.8 Å². The molecule has 5 rings (SSSR count). The minimum atomic E-state index is 0.00320. The van der Waals surface area contributed by atoms with Crippen molar-refractivity contribution in [3.05, 3.63) is 71.2 Å². The summed E-state index contributed by atoms with van der Waals surface area (Å²) in [5.41, 5.74) is 3.01. The zero-order valence-corrected chi connectivity index (χ0v) is 20.7. The average molecular weight is 490 g/mol. The molecule has 7 nitrogen and oxygen atoms in total. The Morgan fingerprint density at radius 3 is 2.40 bits per heavy atom. The van der Waals surface area contributed by atoms with Gasteiger partial charge in [-0.15, -0.1) is 11.3 Å². The number of benzene rings is 1. The first kappa shape index (κ1) is 23.5. The lowest BCUT2D eigenvalue weighted by Gasteiger charge is -2.34. The third kappa shape index (κ3) is 5.89. The average Bonchev–Trinajstić information content (AvgIpc) is 3.66. The van der Waals surface area contributed by atoms with E-state index in [0.717, 1.165) is 55.2 Å². The number of piperazine rings is 1. The fourth-order valence-electron chi connectivity index (χ4n) is 4.67. The Morgan fingerprint density at radius 2 is 1.69 bits per heavy atom. The molecule has 0 bridgehead atoms. The Morgan fingerprint density at radius 1 is 0.914 bits per heavy atom. The Hall–Kier alpha value is -3.23. The van der Waals surface area contributed by atoms with Gasteiger partial charge in [0.15, 0.2) is 0 Å². The quantitative estimate of drug-likeness (QED) is 0.477. The molecule has 0 spiro atoms. The van der Waals surface area contributed by atoms with Gasteiger partial charge in [-0.3, -0.25) is 19.2 Å². The van der Waals surface area contributed by atoms with Crippen molar-refractivity contribution in [1.29, 1.82) is 0 Å². The molecule has 2 saturated heterocycles. The van der Waals surface area contributed by atoms with Crippen molar-refractivity contribution in [2.45, 2.75) is 19.4 Å². The molecule has 2 amide bonds. The second-order valence-electron chi connectivity index (χ2n) is 9.12. The molecule has 3 aromatic rings. The van der Waals surface area contributed by atoms with Crippen LogP contribution < -0.4 is 0 Å². The highest BCUT2D eigenvalue weighted by atomic mass is 32.1. The molecule has 2 aliphatic rings. The zero-order valence-electron chi connectivity index (χ0n) is 19.9. The largest absolute Gasteiger partial charge is 0.342 e. The molecule has 2 fully saturated rings. The van der Waals surface area contributed by atoms with Gasteiger partial charge in [0.2, 0.25) is 11.8 Å². The zero-order chi connectivity index (χ0) is 24.0. The molecule has 0 N–H and O–H groups in total. The molecule has 35 heavy (non-hydrogen) atoms. The lowest BCUT2D eigenvalue weighted by molar-refractivity contribution is -0.132. The van der Waals surface area contributed by atoms with Crippen LogP contribution in [-0.4, -0.2) is 82.1 Å². The number of carbonyl (C=O) groups is 2. The van der Waals surface area contributed by atoms with Gasteiger partial charge in [0.25, 0.3) is 0 Å². The van der Waals surface area contributed by atoms with Crippen LogP contribution in [-0.2, 0) is 16.1 Å². The number of rotatable bonds is 7. The summed E-state index contributed by atoms with van der Waals surface area (Å²) < 4.78 is 1.94. The summed E-state index contributed by atoms with van der Waals surface area (Å²) in [6.07, 6.45) is 7.77. The summed E-state index contributed by atoms with van der Waals surface area (Å²) in [5, 5.41) is 6.86. The van der Waals surface area contributed by atoms with Gasteiger partial charge < -0.3 is 9.80 Å². The summed E-state index contributed by atoms with van der Waals surface area (Å²) in [4.78, 5) is 32.4. The number of carbonyl (C=O) groups excluding carboxylic acids is 2. The Balaban J connectivity index is 1.21. The normalized spacial score (nSPS) is 16.9. The smallest absolute Gasteiger partial charge is 0.246 e. The SMILES string of the molecule is O=C(C=Cc1cn(Cc2ccccc2)nc1-c1cccs1)N1CCN(CC(=O)N2CCCC2)CC1. The number of hydrogen-bond donors (Lipinski definition) is 0. The molecule has 0 radical (unpaired) electrons. The van der Waals surface area contributed by atoms with E-state index < -0.39 is 0 Å². The number of aromatic nitrogens is 2. The maximum Gasteiger partial charge on any atom is 0.246 e. The van der Waals surface area contributed by atoms with E-state index in [1.165, 1.54) is 5.56 Å². The highest BCUT2D eigenvalue weighted by molar-refractivity contribution is 7.13. The van der Waals surface area contributed by atoms with Crippen molar-refractivity contribution < 1.29 is 9.59 Å². The highest BCUT2D eigenvalue weighted by Crippen LogP contribution is 2.28. The van der Waals surface area contributed by atoms with Crippen molar-refractivity contribution in [3.8, 4) is 10.6 Å². The number of amides is 2. The highest BCUT2D eigenvalue weighted by Gasteiger charge is 2.24. The van der Waals surface area contributed by atoms with Gasteiger partial charge in [0.1, 0.15) is 5.69 Å². The monoisotopic (exact) mass is 489 g/mol. The van der Waals surface area contributed by atoms with E-state index in [9.17, 15) is 9.59 Å². The van der Waals surface area contributed by atoms with E-state index in [0.29, 0.717) is 26.2 Å². The lowest BCUT2D eigenvalue weighted by Crippen LogP contribution is -2.51. The summed E-state index contributed by atoms with van der Waals surface area (Å²) in [7, 11) is 0. The molecule has 0 atom stereocenters. The van der Waals surface area contributed by atoms with Crippen molar-refractivity contribution in [3.63, 3.8) is 0 Å². The molecular weight excluding hydrogens is 458 g/mol. The van der Waals surface area contributed by atoms with Gasteiger partial charge in [-0.05, 0) is 35.9 Å². The first-order valence-corrected chi connectivity index (χ1v) is 13.2. The van der Waals surface area contributed by atoms with Gasteiger partial charge in [0.05, 0.1) is 18.0 Å². The van der Waals surface area contributed by atoms with Gasteiger partial charge in [-0.25, -0.2) is 0 Å². The predicted octanol–water partition coefficient (Wildman–Crippen LogP) is 3.44. The van der Waals surface area contributed by atoms with Gasteiger partial charge in [-0.1, -0.05) is 36.4 Å². The van der Waals surface area contributed by atoms with Crippen LogP contribution in [0, 0.1) is 0 Å². The number of hydrogen-bond acceptors (Lipinski definition) is 5. The molecular formula is C27H31N5O2S. The van der Waals surface area contributed by atoms with Crippen molar-refractivity contribution in [1.82, 2.24) is 24.5 Å². The minimum Gasteiger partial charge on any atom is -0.342 e. The maximum absolute atomic E-state index is 12.9. The van der Waals surface area contributed by atoms with Crippen LogP contribution in [0.2, 0.25) is 0 Å². The molecule has 4 heterocycles. The third-order valence-electron chi connectivity index (χ3n) is 6.64. The van der Waals surface area contributed by atoms with Gasteiger partial charge >= 0.3 is 0 Å². The second-order valence-corrected chi connectivity index (χ2v) is 10.1. The molecule has 2 aromatic heterocycles. The Bertz CT molecular complexity index is 1160. The molecule has 0 aliphatic carbocycles. The van der Waals surface area contributed by atoms with Crippen LogP contribution in [0.25, 0.3) is 16.6 Å². The van der Waals surface area contributed by atoms with E-state index in [-0.39, 0.29) is 11.8 Å². The molecule has 8 heteroatoms. The van der Waals surface area contributed by atoms with E-state index in [2.05, 4.69) is 23.1 Å². The minimum absolute atomic E-state index is 0.00320. The second kappa shape index (κ2) is 11.0. The first-order chi connectivity index (χ1) is 17.2. The van der Waals surface area contributed by atoms with Crippen LogP contribution in [0.5, 0.6) is 0 Å². The van der Waals surface area contributed by atoms with Crippen LogP contribution in [0.15, 0.2) is 60.1 Å². The summed E-state index contributed by atoms with van der Waals surface area (Å²) in [6.45, 7) is 5.66. The van der Waals surface area contributed by atoms with Crippen molar-refractivity contribution >= 4 is 29.2 Å². The summed E-state index contributed by atoms with van der Waals surface area (Å²) >= 11 is 1.64. The van der Waals surface area contributed by atoms with Gasteiger partial charge in [0, 0.05) is 57.1 Å². The molecule has 182 valence electrons. The van der Waals surface area contributed by atoms with Crippen LogP contribution in [0.3, 0.4) is 0 Å². The third-order valence-corrected chi connectivity index (χ3v) is 7.52. The lowest BCUT2D eigenvalue weighted by atomic mass is 10.2. The number of nitrogens with zero attached hydrogens (tertiary/aromatic N) is 5. The molecule has 1 aromatic carbocycles. The van der Waals surface area contributed by atoms with E-state index in [1.807, 2.05) is 56.4 Å². The van der Waals surface area contributed by atoms with E-state index in [4.69, 9.17) is 5.10 Å². The first-order valence-electron chi connectivity index (χ1n) is 12.3. The van der Waals surface area contributed by atoms with E-state index >= 15 is 0 Å².